The Morgan fingerprint density at radius 1 is 1.21 bits per heavy atom. The van der Waals surface area contributed by atoms with Gasteiger partial charge in [0.05, 0.1) is 11.1 Å². The number of amides is 1. The first-order valence-corrected chi connectivity index (χ1v) is 10.3. The van der Waals surface area contributed by atoms with Crippen molar-refractivity contribution in [2.75, 3.05) is 18.5 Å². The second kappa shape index (κ2) is 6.09. The molecule has 1 aromatic heterocycles. The second-order valence-corrected chi connectivity index (χ2v) is 9.02. The van der Waals surface area contributed by atoms with Gasteiger partial charge >= 0.3 is 0 Å². The molecule has 1 aromatic carbocycles. The molecule has 0 radical (unpaired) electrons. The molecule has 1 fully saturated rings. The van der Waals surface area contributed by atoms with Crippen molar-refractivity contribution >= 4 is 17.2 Å². The molecule has 150 valence electrons. The van der Waals surface area contributed by atoms with Crippen molar-refractivity contribution in [3.63, 3.8) is 0 Å². The van der Waals surface area contributed by atoms with Crippen LogP contribution in [0, 0.1) is 6.92 Å². The summed E-state index contributed by atoms with van der Waals surface area (Å²) < 4.78 is 6.23. The van der Waals surface area contributed by atoms with E-state index in [1.54, 1.807) is 0 Å². The van der Waals surface area contributed by atoms with Crippen molar-refractivity contribution in [2.24, 2.45) is 0 Å². The van der Waals surface area contributed by atoms with Gasteiger partial charge in [-0.3, -0.25) is 4.79 Å². The van der Waals surface area contributed by atoms with Gasteiger partial charge in [0.2, 0.25) is 11.8 Å². The van der Waals surface area contributed by atoms with Gasteiger partial charge in [-0.15, -0.1) is 0 Å². The zero-order valence-corrected chi connectivity index (χ0v) is 17.7. The molecule has 0 unspecified atom stereocenters. The fourth-order valence-electron chi connectivity index (χ4n) is 4.33. The molecule has 5 nitrogen and oxygen atoms in total. The monoisotopic (exact) mass is 389 g/mol. The van der Waals surface area contributed by atoms with Crippen LogP contribution in [0.5, 0.6) is 0 Å². The molecule has 1 saturated carbocycles. The SMILES string of the molecule is CC1=CC(c2nc(C)c(-c3ccc4c(c3)N(C3CC3)C(=O)C4(C)C)o2)=CCN1C. The van der Waals surface area contributed by atoms with Gasteiger partial charge in [0.1, 0.15) is 0 Å². The number of carbonyl (C=O) groups is 1. The number of fused-ring (bicyclic) bond motifs is 1. The summed E-state index contributed by atoms with van der Waals surface area (Å²) >= 11 is 0. The van der Waals surface area contributed by atoms with Crippen LogP contribution in [0.2, 0.25) is 0 Å². The number of aryl methyl sites for hydroxylation is 1. The summed E-state index contributed by atoms with van der Waals surface area (Å²) in [5.74, 6) is 1.64. The molecule has 0 saturated heterocycles. The van der Waals surface area contributed by atoms with Gasteiger partial charge in [-0.05, 0) is 58.2 Å². The number of benzene rings is 1. The molecule has 1 aliphatic carbocycles. The number of likely N-dealkylation sites (N-methyl/N-ethyl adjacent to an activating group) is 1. The number of allylic oxidation sites excluding steroid dienone is 3. The molecule has 0 spiro atoms. The summed E-state index contributed by atoms with van der Waals surface area (Å²) in [6, 6.07) is 6.61. The Balaban J connectivity index is 1.55. The maximum atomic E-state index is 13.0. The molecular weight excluding hydrogens is 362 g/mol. The summed E-state index contributed by atoms with van der Waals surface area (Å²) in [4.78, 5) is 21.9. The van der Waals surface area contributed by atoms with E-state index in [1.807, 2.05) is 25.7 Å². The molecule has 0 atom stereocenters. The van der Waals surface area contributed by atoms with Crippen LogP contribution in [-0.2, 0) is 10.2 Å². The highest BCUT2D eigenvalue weighted by atomic mass is 16.4. The summed E-state index contributed by atoms with van der Waals surface area (Å²) in [6.45, 7) is 8.97. The normalized spacial score (nSPS) is 20.7. The summed E-state index contributed by atoms with van der Waals surface area (Å²) in [5, 5.41) is 0. The predicted molar refractivity (Wildman–Crippen MR) is 115 cm³/mol. The quantitative estimate of drug-likeness (QED) is 0.765. The highest BCUT2D eigenvalue weighted by molar-refractivity contribution is 6.08. The van der Waals surface area contributed by atoms with E-state index >= 15 is 0 Å². The fraction of sp³-hybridized carbons (Fsp3) is 0.417. The molecule has 2 aromatic rings. The Labute approximate surface area is 171 Å². The zero-order chi connectivity index (χ0) is 20.5. The van der Waals surface area contributed by atoms with Crippen LogP contribution in [0.4, 0.5) is 5.69 Å². The van der Waals surface area contributed by atoms with Crippen molar-refractivity contribution in [2.45, 2.75) is 52.0 Å². The van der Waals surface area contributed by atoms with E-state index in [1.165, 1.54) is 5.70 Å². The van der Waals surface area contributed by atoms with Crippen LogP contribution in [0.25, 0.3) is 16.9 Å². The maximum Gasteiger partial charge on any atom is 0.237 e. The van der Waals surface area contributed by atoms with Gasteiger partial charge in [-0.25, -0.2) is 4.98 Å². The first kappa shape index (κ1) is 18.2. The lowest BCUT2D eigenvalue weighted by molar-refractivity contribution is -0.122. The Morgan fingerprint density at radius 2 is 1.97 bits per heavy atom. The average Bonchev–Trinajstić information content (AvgIpc) is 3.40. The largest absolute Gasteiger partial charge is 0.436 e. The number of hydrogen-bond donors (Lipinski definition) is 0. The average molecular weight is 389 g/mol. The summed E-state index contributed by atoms with van der Waals surface area (Å²) in [6.07, 6.45) is 6.43. The van der Waals surface area contributed by atoms with Crippen molar-refractivity contribution < 1.29 is 9.21 Å². The molecule has 5 heteroatoms. The van der Waals surface area contributed by atoms with Gasteiger partial charge in [-0.2, -0.15) is 0 Å². The van der Waals surface area contributed by atoms with E-state index in [4.69, 9.17) is 9.40 Å². The first-order valence-electron chi connectivity index (χ1n) is 10.3. The molecule has 0 N–H and O–H groups in total. The second-order valence-electron chi connectivity index (χ2n) is 9.02. The van der Waals surface area contributed by atoms with Gasteiger partial charge in [-0.1, -0.05) is 18.2 Å². The van der Waals surface area contributed by atoms with Crippen LogP contribution in [0.15, 0.2) is 40.5 Å². The zero-order valence-electron chi connectivity index (χ0n) is 17.7. The van der Waals surface area contributed by atoms with Crippen molar-refractivity contribution in [1.82, 2.24) is 9.88 Å². The lowest BCUT2D eigenvalue weighted by Gasteiger charge is -2.22. The van der Waals surface area contributed by atoms with E-state index in [-0.39, 0.29) is 5.91 Å². The number of carbonyl (C=O) groups excluding carboxylic acids is 1. The molecule has 5 rings (SSSR count). The Morgan fingerprint density at radius 3 is 2.66 bits per heavy atom. The minimum atomic E-state index is -0.473. The first-order chi connectivity index (χ1) is 13.8. The molecule has 0 bridgehead atoms. The van der Waals surface area contributed by atoms with E-state index in [2.05, 4.69) is 49.2 Å². The van der Waals surface area contributed by atoms with Crippen LogP contribution in [-0.4, -0.2) is 35.4 Å². The highest BCUT2D eigenvalue weighted by Gasteiger charge is 2.49. The van der Waals surface area contributed by atoms with E-state index in [9.17, 15) is 4.79 Å². The maximum absolute atomic E-state index is 13.0. The Bertz CT molecular complexity index is 1090. The van der Waals surface area contributed by atoms with E-state index in [0.29, 0.717) is 11.9 Å². The van der Waals surface area contributed by atoms with Crippen LogP contribution >= 0.6 is 0 Å². The van der Waals surface area contributed by atoms with E-state index in [0.717, 1.165) is 53.2 Å². The van der Waals surface area contributed by atoms with Crippen LogP contribution in [0.1, 0.15) is 50.8 Å². The number of hydrogen-bond acceptors (Lipinski definition) is 4. The third-order valence-electron chi connectivity index (χ3n) is 6.45. The highest BCUT2D eigenvalue weighted by Crippen LogP contribution is 2.48. The minimum absolute atomic E-state index is 0.208. The smallest absolute Gasteiger partial charge is 0.237 e. The third kappa shape index (κ3) is 2.75. The summed E-state index contributed by atoms with van der Waals surface area (Å²) in [7, 11) is 2.07. The van der Waals surface area contributed by atoms with Crippen molar-refractivity contribution in [3.05, 3.63) is 53.2 Å². The van der Waals surface area contributed by atoms with Gasteiger partial charge in [0.15, 0.2) is 5.76 Å². The summed E-state index contributed by atoms with van der Waals surface area (Å²) in [5.41, 5.74) is 5.72. The Kier molecular flexibility index (Phi) is 3.83. The lowest BCUT2D eigenvalue weighted by atomic mass is 9.85. The molecular formula is C24H27N3O2. The van der Waals surface area contributed by atoms with Crippen molar-refractivity contribution in [3.8, 4) is 11.3 Å². The Hall–Kier alpha value is -2.82. The predicted octanol–water partition coefficient (Wildman–Crippen LogP) is 4.67. The lowest BCUT2D eigenvalue weighted by Crippen LogP contribution is -2.37. The minimum Gasteiger partial charge on any atom is -0.436 e. The number of anilines is 1. The van der Waals surface area contributed by atoms with Gasteiger partial charge in [0.25, 0.3) is 0 Å². The molecule has 3 heterocycles. The number of nitrogens with zero attached hydrogens (tertiary/aromatic N) is 3. The van der Waals surface area contributed by atoms with Gasteiger partial charge < -0.3 is 14.2 Å². The van der Waals surface area contributed by atoms with Gasteiger partial charge in [0, 0.05) is 42.2 Å². The number of oxazole rings is 1. The fourth-order valence-corrected chi connectivity index (χ4v) is 4.33. The third-order valence-corrected chi connectivity index (χ3v) is 6.45. The van der Waals surface area contributed by atoms with Crippen LogP contribution in [0.3, 0.4) is 0 Å². The number of aromatic nitrogens is 1. The molecule has 2 aliphatic heterocycles. The van der Waals surface area contributed by atoms with Crippen LogP contribution < -0.4 is 4.90 Å². The topological polar surface area (TPSA) is 49.6 Å². The molecule has 1 amide bonds. The van der Waals surface area contributed by atoms with Crippen molar-refractivity contribution in [1.29, 1.82) is 0 Å². The molecule has 29 heavy (non-hydrogen) atoms. The number of rotatable bonds is 3. The molecule has 3 aliphatic rings. The standard InChI is InChI=1S/C24H27N3O2/c1-14-12-17(10-11-26(14)5)22-25-15(2)21(29-22)16-6-9-19-20(13-16)27(18-7-8-18)23(28)24(19,3)4/h6,9-10,12-13,18H,7-8,11H2,1-5H3. The van der Waals surface area contributed by atoms with E-state index < -0.39 is 5.41 Å².